The molecule has 2 aromatic rings. The Morgan fingerprint density at radius 1 is 1.08 bits per heavy atom. The molecule has 5 aliphatic rings. The lowest BCUT2D eigenvalue weighted by Gasteiger charge is -2.30. The molecule has 2 aromatic carbocycles. The van der Waals surface area contributed by atoms with E-state index in [1.54, 1.807) is 7.11 Å². The molecule has 1 saturated heterocycles. The van der Waals surface area contributed by atoms with Crippen LogP contribution in [0.4, 0.5) is 17.1 Å². The summed E-state index contributed by atoms with van der Waals surface area (Å²) in [5, 5.41) is 11.4. The maximum absolute atomic E-state index is 14.7. The van der Waals surface area contributed by atoms with Gasteiger partial charge in [0, 0.05) is 59.7 Å². The van der Waals surface area contributed by atoms with Crippen molar-refractivity contribution in [1.82, 2.24) is 10.0 Å². The second-order valence-corrected chi connectivity index (χ2v) is 16.3. The zero-order chi connectivity index (χ0) is 33.1. The molecule has 2 unspecified atom stereocenters. The number of para-hydroxylation sites is 1. The Labute approximate surface area is 286 Å². The first-order chi connectivity index (χ1) is 23.4. The normalized spacial score (nSPS) is 22.0. The first kappa shape index (κ1) is 33.2. The number of hydrogen-bond acceptors (Lipinski definition) is 8. The lowest BCUT2D eigenvalue weighted by Crippen LogP contribution is -2.36. The number of anilines is 3. The molecule has 258 valence electrons. The van der Waals surface area contributed by atoms with Gasteiger partial charge in [0.1, 0.15) is 11.7 Å². The summed E-state index contributed by atoms with van der Waals surface area (Å²) in [7, 11) is -0.874. The van der Waals surface area contributed by atoms with Gasteiger partial charge in [0.2, 0.25) is 0 Å². The highest BCUT2D eigenvalue weighted by molar-refractivity contribution is 8.00. The molecule has 7 rings (SSSR count). The number of amidine groups is 1. The van der Waals surface area contributed by atoms with E-state index in [4.69, 9.17) is 14.5 Å². The maximum Gasteiger partial charge on any atom is 0.132 e. The topological polar surface area (TPSA) is 99.2 Å². The summed E-state index contributed by atoms with van der Waals surface area (Å²) in [4.78, 5) is 9.48. The Hall–Kier alpha value is -3.31. The van der Waals surface area contributed by atoms with Crippen molar-refractivity contribution in [3.8, 4) is 0 Å². The lowest BCUT2D eigenvalue weighted by molar-refractivity contribution is 0.122. The van der Waals surface area contributed by atoms with Gasteiger partial charge in [-0.2, -0.15) is 0 Å². The molecule has 2 aliphatic carbocycles. The van der Waals surface area contributed by atoms with Crippen molar-refractivity contribution in [3.05, 3.63) is 71.2 Å². The van der Waals surface area contributed by atoms with Crippen molar-refractivity contribution in [2.45, 2.75) is 76.0 Å². The summed E-state index contributed by atoms with van der Waals surface area (Å²) < 4.78 is 29.0. The van der Waals surface area contributed by atoms with Crippen LogP contribution in [0.25, 0.3) is 0 Å². The molecule has 10 heteroatoms. The van der Waals surface area contributed by atoms with Crippen molar-refractivity contribution in [2.75, 3.05) is 68.6 Å². The number of fused-ring (bicyclic) bond motifs is 2. The fraction of sp³-hybridized carbons (Fsp3) is 0.526. The number of aliphatic imine (C=N–C) groups is 1. The van der Waals surface area contributed by atoms with E-state index in [0.717, 1.165) is 117 Å². The lowest BCUT2D eigenvalue weighted by atomic mass is 9.92. The van der Waals surface area contributed by atoms with Crippen molar-refractivity contribution >= 4 is 37.5 Å². The Balaban J connectivity index is 1.16. The molecular formula is C38H52N6O3S. The van der Waals surface area contributed by atoms with E-state index in [1.807, 2.05) is 18.2 Å². The van der Waals surface area contributed by atoms with Crippen molar-refractivity contribution in [3.63, 3.8) is 0 Å². The van der Waals surface area contributed by atoms with E-state index in [2.05, 4.69) is 69.8 Å². The van der Waals surface area contributed by atoms with E-state index in [1.165, 1.54) is 22.5 Å². The molecule has 9 nitrogen and oxygen atoms in total. The first-order valence-corrected chi connectivity index (χ1v) is 19.5. The highest BCUT2D eigenvalue weighted by Crippen LogP contribution is 2.56. The summed E-state index contributed by atoms with van der Waals surface area (Å²) >= 11 is 0. The molecule has 2 atom stereocenters. The summed E-state index contributed by atoms with van der Waals surface area (Å²) in [5.41, 5.74) is 7.23. The van der Waals surface area contributed by atoms with Crippen LogP contribution in [-0.2, 0) is 19.2 Å². The molecule has 3 aliphatic heterocycles. The van der Waals surface area contributed by atoms with Crippen LogP contribution in [0.3, 0.4) is 0 Å². The zero-order valence-electron chi connectivity index (χ0n) is 28.8. The minimum atomic E-state index is -2.56. The Kier molecular flexibility index (Phi) is 9.87. The molecule has 0 amide bonds. The SMILES string of the molecule is CCC(C)c1cc(N2CCOCC2)ccc1NC1=CCCC(Nc2ccccc2S(=O)(NCCOC)=C2CCC2)=C2C(=NCC23CC3)N1. The number of nitrogens with one attached hydrogen (secondary N) is 4. The number of rotatable bonds is 12. The van der Waals surface area contributed by atoms with Crippen molar-refractivity contribution in [2.24, 2.45) is 10.4 Å². The number of ether oxygens (including phenoxy) is 2. The fourth-order valence-corrected chi connectivity index (χ4v) is 9.91. The van der Waals surface area contributed by atoms with Crippen LogP contribution in [0.1, 0.15) is 76.7 Å². The van der Waals surface area contributed by atoms with Gasteiger partial charge in [-0.15, -0.1) is 0 Å². The third kappa shape index (κ3) is 6.64. The number of allylic oxidation sites excluding steroid dienone is 2. The quantitative estimate of drug-likeness (QED) is 0.153. The molecule has 0 aromatic heterocycles. The zero-order valence-corrected chi connectivity index (χ0v) is 29.6. The Morgan fingerprint density at radius 2 is 1.90 bits per heavy atom. The average Bonchev–Trinajstić information content (AvgIpc) is 3.77. The van der Waals surface area contributed by atoms with Gasteiger partial charge in [-0.25, -0.2) is 8.93 Å². The summed E-state index contributed by atoms with van der Waals surface area (Å²) in [6.07, 6.45) is 10.2. The van der Waals surface area contributed by atoms with Gasteiger partial charge in [0.25, 0.3) is 0 Å². The van der Waals surface area contributed by atoms with E-state index in [-0.39, 0.29) is 5.41 Å². The fourth-order valence-electron chi connectivity index (χ4n) is 7.30. The number of benzene rings is 2. The van der Waals surface area contributed by atoms with E-state index < -0.39 is 9.71 Å². The van der Waals surface area contributed by atoms with Gasteiger partial charge in [-0.05, 0) is 99.3 Å². The van der Waals surface area contributed by atoms with Crippen LogP contribution >= 0.6 is 0 Å². The molecule has 1 spiro atoms. The van der Waals surface area contributed by atoms with Gasteiger partial charge in [-0.1, -0.05) is 26.0 Å². The number of morpholine rings is 1. The second kappa shape index (κ2) is 14.3. The van der Waals surface area contributed by atoms with Gasteiger partial charge in [-0.3, -0.25) is 4.99 Å². The highest BCUT2D eigenvalue weighted by Gasteiger charge is 2.52. The molecule has 0 radical (unpaired) electrons. The minimum absolute atomic E-state index is 0.0879. The van der Waals surface area contributed by atoms with Crippen LogP contribution < -0.4 is 25.6 Å². The van der Waals surface area contributed by atoms with Crippen LogP contribution in [0.15, 0.2) is 75.5 Å². The predicted octanol–water partition coefficient (Wildman–Crippen LogP) is 6.38. The largest absolute Gasteiger partial charge is 0.383 e. The molecule has 4 N–H and O–H groups in total. The molecular weight excluding hydrogens is 621 g/mol. The standard InChI is InChI=1S/C38H52N6O3S/c1-4-27(2)30-25-28(44-20-23-47-24-21-44)15-16-31(30)42-35-14-8-12-33(36-37(43-35)39-26-38(36)17-18-38)41-32-11-5-6-13-34(32)48(45,29-9-7-10-29)40-19-22-46-3/h5-6,11,13-16,25,27,41-42H,4,7-10,12,17-24,26H2,1-3H3,(H,39,43)(H,40,45). The predicted molar refractivity (Wildman–Crippen MR) is 198 cm³/mol. The van der Waals surface area contributed by atoms with Crippen molar-refractivity contribution < 1.29 is 13.7 Å². The molecule has 48 heavy (non-hydrogen) atoms. The first-order valence-electron chi connectivity index (χ1n) is 17.9. The van der Waals surface area contributed by atoms with Gasteiger partial charge in [0.05, 0.1) is 46.7 Å². The van der Waals surface area contributed by atoms with E-state index in [0.29, 0.717) is 19.1 Å². The van der Waals surface area contributed by atoms with Crippen LogP contribution in [-0.4, -0.2) is 68.0 Å². The van der Waals surface area contributed by atoms with Crippen molar-refractivity contribution in [1.29, 1.82) is 0 Å². The third-order valence-electron chi connectivity index (χ3n) is 10.7. The van der Waals surface area contributed by atoms with E-state index in [9.17, 15) is 4.21 Å². The monoisotopic (exact) mass is 672 g/mol. The van der Waals surface area contributed by atoms with Crippen LogP contribution in [0.5, 0.6) is 0 Å². The number of nitrogens with zero attached hydrogens (tertiary/aromatic N) is 2. The average molecular weight is 673 g/mol. The minimum Gasteiger partial charge on any atom is -0.383 e. The maximum atomic E-state index is 14.7. The summed E-state index contributed by atoms with van der Waals surface area (Å²) in [6, 6.07) is 15.0. The number of hydrogen-bond donors (Lipinski definition) is 4. The second-order valence-electron chi connectivity index (χ2n) is 13.8. The van der Waals surface area contributed by atoms with Crippen LogP contribution in [0, 0.1) is 5.41 Å². The molecule has 3 heterocycles. The number of methoxy groups -OCH3 is 1. The highest BCUT2D eigenvalue weighted by atomic mass is 32.2. The van der Waals surface area contributed by atoms with Gasteiger partial charge in [0.15, 0.2) is 0 Å². The third-order valence-corrected chi connectivity index (χ3v) is 13.5. The van der Waals surface area contributed by atoms with Crippen LogP contribution in [0.2, 0.25) is 0 Å². The smallest absolute Gasteiger partial charge is 0.132 e. The Bertz CT molecular complexity index is 1720. The van der Waals surface area contributed by atoms with Gasteiger partial charge >= 0.3 is 0 Å². The van der Waals surface area contributed by atoms with Gasteiger partial charge < -0.3 is 30.3 Å². The van der Waals surface area contributed by atoms with E-state index >= 15 is 0 Å². The molecule has 3 fully saturated rings. The molecule has 0 bridgehead atoms. The molecule has 2 saturated carbocycles. The Morgan fingerprint density at radius 3 is 2.62 bits per heavy atom. The summed E-state index contributed by atoms with van der Waals surface area (Å²) in [5.74, 6) is 2.36. The summed E-state index contributed by atoms with van der Waals surface area (Å²) in [6.45, 7) is 9.85.